The molecule has 2 aromatic heterocycles. The second kappa shape index (κ2) is 7.08. The van der Waals surface area contributed by atoms with Crippen molar-refractivity contribution < 1.29 is 0 Å². The average molecular weight is 337 g/mol. The van der Waals surface area contributed by atoms with E-state index in [1.807, 2.05) is 31.6 Å². The molecule has 132 valence electrons. The first kappa shape index (κ1) is 16.5. The van der Waals surface area contributed by atoms with Crippen LogP contribution in [-0.2, 0) is 6.54 Å². The van der Waals surface area contributed by atoms with Gasteiger partial charge in [0.25, 0.3) is 0 Å². The van der Waals surface area contributed by atoms with Crippen LogP contribution in [0.3, 0.4) is 0 Å². The molecule has 0 N–H and O–H groups in total. The average Bonchev–Trinajstić information content (AvgIpc) is 3.07. The molecule has 0 spiro atoms. The Morgan fingerprint density at radius 1 is 1.12 bits per heavy atom. The molecule has 3 heterocycles. The third-order valence-electron chi connectivity index (χ3n) is 5.81. The van der Waals surface area contributed by atoms with E-state index in [0.29, 0.717) is 12.0 Å². The zero-order valence-corrected chi connectivity index (χ0v) is 15.2. The van der Waals surface area contributed by atoms with Crippen LogP contribution >= 0.6 is 0 Å². The van der Waals surface area contributed by atoms with Crippen molar-refractivity contribution in [2.75, 3.05) is 25.0 Å². The Bertz CT molecular complexity index is 687. The fourth-order valence-corrected chi connectivity index (χ4v) is 4.57. The van der Waals surface area contributed by atoms with Crippen molar-refractivity contribution in [1.82, 2.24) is 19.9 Å². The molecule has 0 aromatic carbocycles. The Labute approximate surface area is 150 Å². The van der Waals surface area contributed by atoms with Gasteiger partial charge in [-0.1, -0.05) is 12.5 Å². The zero-order chi connectivity index (χ0) is 17.2. The molecule has 2 aromatic rings. The van der Waals surface area contributed by atoms with Crippen LogP contribution in [-0.4, -0.2) is 46.0 Å². The van der Waals surface area contributed by atoms with E-state index in [1.54, 1.807) is 0 Å². The molecule has 1 aliphatic carbocycles. The summed E-state index contributed by atoms with van der Waals surface area (Å²) in [5.41, 5.74) is 2.28. The minimum absolute atomic E-state index is 0.621. The summed E-state index contributed by atoms with van der Waals surface area (Å²) in [5.74, 6) is 2.35. The molecule has 1 unspecified atom stereocenters. The topological polar surface area (TPSA) is 45.2 Å². The fourth-order valence-electron chi connectivity index (χ4n) is 4.57. The zero-order valence-electron chi connectivity index (χ0n) is 15.2. The molecule has 5 heteroatoms. The highest BCUT2D eigenvalue weighted by molar-refractivity contribution is 5.33. The van der Waals surface area contributed by atoms with Gasteiger partial charge in [-0.3, -0.25) is 9.88 Å². The predicted molar refractivity (Wildman–Crippen MR) is 99.3 cm³/mol. The van der Waals surface area contributed by atoms with E-state index in [1.165, 1.54) is 19.3 Å². The lowest BCUT2D eigenvalue weighted by Crippen LogP contribution is -2.43. The number of rotatable bonds is 4. The van der Waals surface area contributed by atoms with Crippen molar-refractivity contribution in [3.63, 3.8) is 0 Å². The van der Waals surface area contributed by atoms with Gasteiger partial charge < -0.3 is 4.90 Å². The van der Waals surface area contributed by atoms with E-state index in [4.69, 9.17) is 0 Å². The number of pyridine rings is 1. The summed E-state index contributed by atoms with van der Waals surface area (Å²) in [4.78, 5) is 18.5. The van der Waals surface area contributed by atoms with Gasteiger partial charge in [-0.2, -0.15) is 0 Å². The van der Waals surface area contributed by atoms with Crippen molar-refractivity contribution in [3.05, 3.63) is 48.0 Å². The van der Waals surface area contributed by atoms with Crippen LogP contribution in [0.1, 0.15) is 30.5 Å². The lowest BCUT2D eigenvalue weighted by Gasteiger charge is -2.38. The van der Waals surface area contributed by atoms with Crippen molar-refractivity contribution in [3.8, 4) is 0 Å². The number of anilines is 1. The highest BCUT2D eigenvalue weighted by atomic mass is 15.3. The number of fused-ring (bicyclic) bond motifs is 1. The number of nitrogens with zero attached hydrogens (tertiary/aromatic N) is 5. The van der Waals surface area contributed by atoms with Gasteiger partial charge in [-0.15, -0.1) is 0 Å². The summed E-state index contributed by atoms with van der Waals surface area (Å²) >= 11 is 0. The first-order valence-corrected chi connectivity index (χ1v) is 9.34. The Morgan fingerprint density at radius 2 is 1.96 bits per heavy atom. The van der Waals surface area contributed by atoms with Gasteiger partial charge in [-0.05, 0) is 56.3 Å². The van der Waals surface area contributed by atoms with E-state index < -0.39 is 0 Å². The Hall–Kier alpha value is -2.01. The van der Waals surface area contributed by atoms with Crippen LogP contribution in [0.25, 0.3) is 0 Å². The molecule has 1 aliphatic heterocycles. The fraction of sp³-hybridized carbons (Fsp3) is 0.550. The monoisotopic (exact) mass is 337 g/mol. The third-order valence-corrected chi connectivity index (χ3v) is 5.81. The number of hydrogen-bond donors (Lipinski definition) is 0. The molecule has 5 nitrogen and oxygen atoms in total. The Morgan fingerprint density at radius 3 is 2.72 bits per heavy atom. The van der Waals surface area contributed by atoms with E-state index in [2.05, 4.69) is 43.9 Å². The van der Waals surface area contributed by atoms with Crippen LogP contribution in [0.2, 0.25) is 0 Å². The predicted octanol–water partition coefficient (Wildman–Crippen LogP) is 2.92. The summed E-state index contributed by atoms with van der Waals surface area (Å²) in [5, 5.41) is 0. The van der Waals surface area contributed by atoms with Crippen molar-refractivity contribution in [2.45, 2.75) is 38.8 Å². The Balaban J connectivity index is 1.46. The smallest absolute Gasteiger partial charge is 0.225 e. The van der Waals surface area contributed by atoms with Crippen molar-refractivity contribution in [2.24, 2.45) is 11.8 Å². The molecule has 0 radical (unpaired) electrons. The number of aromatic nitrogens is 3. The SMILES string of the molecule is Cc1cnc(N2C[C@H]3CCCC(N(C)Cc4ccccn4)[C@H]3C2)nc1. The Kier molecular flexibility index (Phi) is 4.66. The molecule has 1 saturated carbocycles. The van der Waals surface area contributed by atoms with Crippen LogP contribution in [0.5, 0.6) is 0 Å². The quantitative estimate of drug-likeness (QED) is 0.858. The number of aryl methyl sites for hydroxylation is 1. The minimum atomic E-state index is 0.621. The van der Waals surface area contributed by atoms with Gasteiger partial charge in [0, 0.05) is 44.3 Å². The lowest BCUT2D eigenvalue weighted by atomic mass is 9.77. The summed E-state index contributed by atoms with van der Waals surface area (Å²) in [6, 6.07) is 6.80. The van der Waals surface area contributed by atoms with E-state index >= 15 is 0 Å². The highest BCUT2D eigenvalue weighted by Gasteiger charge is 2.42. The molecule has 0 bridgehead atoms. The maximum Gasteiger partial charge on any atom is 0.225 e. The maximum absolute atomic E-state index is 4.55. The van der Waals surface area contributed by atoms with Crippen LogP contribution in [0.4, 0.5) is 5.95 Å². The molecule has 2 aliphatic rings. The van der Waals surface area contributed by atoms with E-state index in [0.717, 1.165) is 42.8 Å². The largest absolute Gasteiger partial charge is 0.340 e. The number of hydrogen-bond acceptors (Lipinski definition) is 5. The lowest BCUT2D eigenvalue weighted by molar-refractivity contribution is 0.105. The normalized spacial score (nSPS) is 26.0. The third kappa shape index (κ3) is 3.52. The van der Waals surface area contributed by atoms with Gasteiger partial charge in [0.1, 0.15) is 0 Å². The molecule has 0 amide bonds. The van der Waals surface area contributed by atoms with Crippen molar-refractivity contribution in [1.29, 1.82) is 0 Å². The first-order chi connectivity index (χ1) is 12.2. The van der Waals surface area contributed by atoms with Gasteiger partial charge in [0.05, 0.1) is 5.69 Å². The molecular formula is C20H27N5. The van der Waals surface area contributed by atoms with Gasteiger partial charge in [0.2, 0.25) is 5.95 Å². The summed E-state index contributed by atoms with van der Waals surface area (Å²) < 4.78 is 0. The van der Waals surface area contributed by atoms with Gasteiger partial charge in [-0.25, -0.2) is 9.97 Å². The van der Waals surface area contributed by atoms with E-state index in [-0.39, 0.29) is 0 Å². The summed E-state index contributed by atoms with van der Waals surface area (Å²) in [7, 11) is 2.26. The standard InChI is InChI=1S/C20H27N5/c1-15-10-22-20(23-11-15)25-12-16-6-5-8-19(18(16)14-25)24(2)13-17-7-3-4-9-21-17/h3-4,7,9-11,16,18-19H,5-6,8,12-14H2,1-2H3/t16-,18+,19?/m1/s1. The maximum atomic E-state index is 4.55. The molecule has 1 saturated heterocycles. The van der Waals surface area contributed by atoms with Gasteiger partial charge in [0.15, 0.2) is 0 Å². The van der Waals surface area contributed by atoms with Crippen LogP contribution in [0.15, 0.2) is 36.8 Å². The second-order valence-electron chi connectivity index (χ2n) is 7.62. The van der Waals surface area contributed by atoms with Crippen molar-refractivity contribution >= 4 is 5.95 Å². The van der Waals surface area contributed by atoms with Crippen LogP contribution in [0, 0.1) is 18.8 Å². The summed E-state index contributed by atoms with van der Waals surface area (Å²) in [6.45, 7) is 5.14. The molecule has 2 fully saturated rings. The summed E-state index contributed by atoms with van der Waals surface area (Å²) in [6.07, 6.45) is 9.68. The highest BCUT2D eigenvalue weighted by Crippen LogP contribution is 2.39. The second-order valence-corrected chi connectivity index (χ2v) is 7.62. The molecule has 3 atom stereocenters. The molecule has 25 heavy (non-hydrogen) atoms. The minimum Gasteiger partial charge on any atom is -0.340 e. The molecular weight excluding hydrogens is 310 g/mol. The first-order valence-electron chi connectivity index (χ1n) is 9.34. The van der Waals surface area contributed by atoms with Gasteiger partial charge >= 0.3 is 0 Å². The van der Waals surface area contributed by atoms with E-state index in [9.17, 15) is 0 Å². The molecule has 4 rings (SSSR count). The van der Waals surface area contributed by atoms with Crippen LogP contribution < -0.4 is 4.90 Å².